The summed E-state index contributed by atoms with van der Waals surface area (Å²) < 4.78 is 13.7. The van der Waals surface area contributed by atoms with Gasteiger partial charge in [0.25, 0.3) is 0 Å². The summed E-state index contributed by atoms with van der Waals surface area (Å²) in [7, 11) is 0. The summed E-state index contributed by atoms with van der Waals surface area (Å²) in [6.45, 7) is 5.48. The van der Waals surface area contributed by atoms with E-state index in [2.05, 4.69) is 10.6 Å². The molecular formula is C19H21FN2O2S. The summed E-state index contributed by atoms with van der Waals surface area (Å²) in [6, 6.07) is 12.0. The lowest BCUT2D eigenvalue weighted by atomic mass is 10.2. The number of rotatable bonds is 6. The fourth-order valence-corrected chi connectivity index (χ4v) is 2.76. The maximum atomic E-state index is 13.7. The quantitative estimate of drug-likeness (QED) is 0.814. The third-order valence-corrected chi connectivity index (χ3v) is 4.69. The number of thioether (sulfide) groups is 1. The lowest BCUT2D eigenvalue weighted by Gasteiger charge is -2.13. The second-order valence-electron chi connectivity index (χ2n) is 5.84. The molecule has 2 amide bonds. The highest BCUT2D eigenvalue weighted by atomic mass is 32.2. The second kappa shape index (κ2) is 8.67. The first-order chi connectivity index (χ1) is 11.8. The Hall–Kier alpha value is -2.34. The third-order valence-electron chi connectivity index (χ3n) is 3.55. The van der Waals surface area contributed by atoms with E-state index in [1.54, 1.807) is 19.1 Å². The molecule has 0 aliphatic rings. The molecule has 0 aliphatic carbocycles. The van der Waals surface area contributed by atoms with Gasteiger partial charge < -0.3 is 10.6 Å². The zero-order valence-corrected chi connectivity index (χ0v) is 15.2. The minimum atomic E-state index is -0.483. The highest BCUT2D eigenvalue weighted by Crippen LogP contribution is 2.19. The summed E-state index contributed by atoms with van der Waals surface area (Å²) in [4.78, 5) is 24.1. The van der Waals surface area contributed by atoms with Crippen molar-refractivity contribution in [3.05, 3.63) is 59.4 Å². The highest BCUT2D eigenvalue weighted by Gasteiger charge is 2.17. The number of amides is 2. The van der Waals surface area contributed by atoms with E-state index in [-0.39, 0.29) is 23.3 Å². The minimum absolute atomic E-state index is 0.138. The van der Waals surface area contributed by atoms with E-state index in [4.69, 9.17) is 0 Å². The number of aryl methyl sites for hydroxylation is 2. The molecule has 2 N–H and O–H groups in total. The van der Waals surface area contributed by atoms with Crippen LogP contribution < -0.4 is 10.6 Å². The first-order valence-electron chi connectivity index (χ1n) is 7.90. The van der Waals surface area contributed by atoms with E-state index >= 15 is 0 Å². The summed E-state index contributed by atoms with van der Waals surface area (Å²) in [5.41, 5.74) is 2.84. The Balaban J connectivity index is 1.83. The van der Waals surface area contributed by atoms with E-state index in [1.165, 1.54) is 17.8 Å². The normalized spacial score (nSPS) is 11.7. The Morgan fingerprint density at radius 2 is 1.68 bits per heavy atom. The Kier molecular flexibility index (Phi) is 6.58. The van der Waals surface area contributed by atoms with Gasteiger partial charge in [-0.1, -0.05) is 23.8 Å². The Bertz CT molecular complexity index is 763. The molecule has 0 radical (unpaired) electrons. The third kappa shape index (κ3) is 5.90. The number of carbonyl (C=O) groups is 2. The van der Waals surface area contributed by atoms with Crippen molar-refractivity contribution in [3.8, 4) is 0 Å². The molecule has 2 rings (SSSR count). The number of hydrogen-bond acceptors (Lipinski definition) is 3. The SMILES string of the molecule is Cc1ccc(NC(=O)CSC(C)C(=O)Nc2cc(C)ccc2F)cc1. The number of anilines is 2. The molecule has 2 aromatic carbocycles. The van der Waals surface area contributed by atoms with Gasteiger partial charge in [-0.2, -0.15) is 0 Å². The molecule has 0 heterocycles. The predicted octanol–water partition coefficient (Wildman–Crippen LogP) is 4.14. The predicted molar refractivity (Wildman–Crippen MR) is 101 cm³/mol. The molecule has 1 unspecified atom stereocenters. The highest BCUT2D eigenvalue weighted by molar-refractivity contribution is 8.01. The van der Waals surface area contributed by atoms with E-state index in [0.717, 1.165) is 16.8 Å². The first kappa shape index (κ1) is 19.0. The average molecular weight is 360 g/mol. The van der Waals surface area contributed by atoms with Crippen LogP contribution >= 0.6 is 11.8 Å². The van der Waals surface area contributed by atoms with Crippen molar-refractivity contribution >= 4 is 35.0 Å². The van der Waals surface area contributed by atoms with Gasteiger partial charge >= 0.3 is 0 Å². The van der Waals surface area contributed by atoms with Crippen molar-refractivity contribution in [1.82, 2.24) is 0 Å². The molecule has 0 fully saturated rings. The summed E-state index contributed by atoms with van der Waals surface area (Å²) >= 11 is 1.20. The van der Waals surface area contributed by atoms with Crippen LogP contribution in [0, 0.1) is 19.7 Å². The molecule has 6 heteroatoms. The van der Waals surface area contributed by atoms with Crippen LogP contribution in [-0.4, -0.2) is 22.8 Å². The van der Waals surface area contributed by atoms with Crippen LogP contribution in [-0.2, 0) is 9.59 Å². The number of nitrogens with one attached hydrogen (secondary N) is 2. The van der Waals surface area contributed by atoms with Crippen LogP contribution in [0.15, 0.2) is 42.5 Å². The lowest BCUT2D eigenvalue weighted by Crippen LogP contribution is -2.25. The molecule has 0 aromatic heterocycles. The van der Waals surface area contributed by atoms with Gasteiger partial charge in [0.05, 0.1) is 16.7 Å². The molecule has 0 bridgehead atoms. The lowest BCUT2D eigenvalue weighted by molar-refractivity contribution is -0.115. The number of benzene rings is 2. The van der Waals surface area contributed by atoms with Crippen LogP contribution in [0.1, 0.15) is 18.1 Å². The minimum Gasteiger partial charge on any atom is -0.325 e. The van der Waals surface area contributed by atoms with Gasteiger partial charge in [-0.3, -0.25) is 9.59 Å². The van der Waals surface area contributed by atoms with Gasteiger partial charge in [-0.15, -0.1) is 11.8 Å². The van der Waals surface area contributed by atoms with E-state index in [1.807, 2.05) is 38.1 Å². The number of halogens is 1. The van der Waals surface area contributed by atoms with Crippen molar-refractivity contribution in [2.45, 2.75) is 26.0 Å². The van der Waals surface area contributed by atoms with Gasteiger partial charge in [0.1, 0.15) is 5.82 Å². The molecule has 25 heavy (non-hydrogen) atoms. The zero-order chi connectivity index (χ0) is 18.4. The zero-order valence-electron chi connectivity index (χ0n) is 14.4. The fourth-order valence-electron chi connectivity index (χ4n) is 2.08. The van der Waals surface area contributed by atoms with E-state index < -0.39 is 11.1 Å². The molecule has 0 spiro atoms. The van der Waals surface area contributed by atoms with Crippen molar-refractivity contribution < 1.29 is 14.0 Å². The molecule has 1 atom stereocenters. The topological polar surface area (TPSA) is 58.2 Å². The number of carbonyl (C=O) groups excluding carboxylic acids is 2. The van der Waals surface area contributed by atoms with E-state index in [9.17, 15) is 14.0 Å². The molecule has 4 nitrogen and oxygen atoms in total. The fraction of sp³-hybridized carbons (Fsp3) is 0.263. The Labute approximate surface area is 151 Å². The first-order valence-corrected chi connectivity index (χ1v) is 8.95. The monoisotopic (exact) mass is 360 g/mol. The van der Waals surface area contributed by atoms with Crippen molar-refractivity contribution in [2.24, 2.45) is 0 Å². The largest absolute Gasteiger partial charge is 0.325 e. The van der Waals surface area contributed by atoms with Crippen molar-refractivity contribution in [1.29, 1.82) is 0 Å². The molecule has 132 valence electrons. The van der Waals surface area contributed by atoms with Crippen LogP contribution in [0.5, 0.6) is 0 Å². The van der Waals surface area contributed by atoms with Gasteiger partial charge in [-0.05, 0) is 50.6 Å². The maximum Gasteiger partial charge on any atom is 0.237 e. The van der Waals surface area contributed by atoms with Crippen LogP contribution in [0.25, 0.3) is 0 Å². The van der Waals surface area contributed by atoms with Gasteiger partial charge in [-0.25, -0.2) is 4.39 Å². The summed E-state index contributed by atoms with van der Waals surface area (Å²) in [5, 5.41) is 4.86. The summed E-state index contributed by atoms with van der Waals surface area (Å²) in [5.74, 6) is -0.861. The molecule has 0 aliphatic heterocycles. The van der Waals surface area contributed by atoms with Gasteiger partial charge in [0.2, 0.25) is 11.8 Å². The molecule has 0 saturated heterocycles. The Morgan fingerprint density at radius 3 is 2.36 bits per heavy atom. The van der Waals surface area contributed by atoms with E-state index in [0.29, 0.717) is 0 Å². The second-order valence-corrected chi connectivity index (χ2v) is 7.17. The molecule has 0 saturated carbocycles. The van der Waals surface area contributed by atoms with Crippen LogP contribution in [0.4, 0.5) is 15.8 Å². The van der Waals surface area contributed by atoms with Crippen molar-refractivity contribution in [3.63, 3.8) is 0 Å². The average Bonchev–Trinajstić information content (AvgIpc) is 2.58. The Morgan fingerprint density at radius 1 is 1.04 bits per heavy atom. The molecule has 2 aromatic rings. The van der Waals surface area contributed by atoms with Crippen molar-refractivity contribution in [2.75, 3.05) is 16.4 Å². The standard InChI is InChI=1S/C19H21FN2O2S/c1-12-4-7-15(8-5-12)21-18(23)11-25-14(3)19(24)22-17-10-13(2)6-9-16(17)20/h4-10,14H,11H2,1-3H3,(H,21,23)(H,22,24). The summed E-state index contributed by atoms with van der Waals surface area (Å²) in [6.07, 6.45) is 0. The smallest absolute Gasteiger partial charge is 0.237 e. The van der Waals surface area contributed by atoms with Crippen LogP contribution in [0.3, 0.4) is 0 Å². The van der Waals surface area contributed by atoms with Gasteiger partial charge in [0, 0.05) is 5.69 Å². The number of hydrogen-bond donors (Lipinski definition) is 2. The molecular weight excluding hydrogens is 339 g/mol. The maximum absolute atomic E-state index is 13.7. The van der Waals surface area contributed by atoms with Gasteiger partial charge in [0.15, 0.2) is 0 Å². The van der Waals surface area contributed by atoms with Crippen LogP contribution in [0.2, 0.25) is 0 Å².